The van der Waals surface area contributed by atoms with E-state index in [1.54, 1.807) is 30.1 Å². The van der Waals surface area contributed by atoms with E-state index in [4.69, 9.17) is 23.2 Å². The summed E-state index contributed by atoms with van der Waals surface area (Å²) in [6.07, 6.45) is 0.403. The first kappa shape index (κ1) is 26.1. The topological polar surface area (TPSA) is 49.4 Å². The molecule has 1 N–H and O–H groups in total. The van der Waals surface area contributed by atoms with Crippen molar-refractivity contribution in [2.24, 2.45) is 0 Å². The van der Waals surface area contributed by atoms with Gasteiger partial charge in [0.1, 0.15) is 6.04 Å². The van der Waals surface area contributed by atoms with Gasteiger partial charge in [-0.05, 0) is 35.7 Å². The smallest absolute Gasteiger partial charge is 0.242 e. The summed E-state index contributed by atoms with van der Waals surface area (Å²) in [6, 6.07) is 22.5. The maximum Gasteiger partial charge on any atom is 0.242 e. The number of thioether (sulfide) groups is 1. The van der Waals surface area contributed by atoms with Gasteiger partial charge in [0.05, 0.1) is 5.75 Å². The van der Waals surface area contributed by atoms with Crippen LogP contribution < -0.4 is 5.32 Å². The van der Waals surface area contributed by atoms with E-state index in [0.29, 0.717) is 22.2 Å². The molecule has 34 heavy (non-hydrogen) atoms. The second-order valence-corrected chi connectivity index (χ2v) is 9.89. The van der Waals surface area contributed by atoms with E-state index in [2.05, 4.69) is 30.4 Å². The molecule has 0 aliphatic rings. The zero-order chi connectivity index (χ0) is 24.5. The van der Waals surface area contributed by atoms with E-state index in [0.717, 1.165) is 16.7 Å². The van der Waals surface area contributed by atoms with Crippen LogP contribution in [-0.4, -0.2) is 35.6 Å². The molecule has 0 fully saturated rings. The molecule has 0 saturated carbocycles. The van der Waals surface area contributed by atoms with Gasteiger partial charge in [-0.15, -0.1) is 11.8 Å². The lowest BCUT2D eigenvalue weighted by Gasteiger charge is -2.31. The Labute approximate surface area is 215 Å². The quantitative estimate of drug-likeness (QED) is 0.365. The Morgan fingerprint density at radius 3 is 2.38 bits per heavy atom. The molecule has 7 heteroatoms. The molecular formula is C27H28Cl2N2O2S. The molecular weight excluding hydrogens is 487 g/mol. The standard InChI is InChI=1S/C27H28Cl2N2O2S/c1-19-7-6-10-21(13-19)17-34-18-26(32)31(16-22-11-12-23(28)15-24(22)29)25(27(33)30-2)14-20-8-4-3-5-9-20/h3-13,15,25H,14,16-18H2,1-2H3,(H,30,33). The molecule has 0 aliphatic carbocycles. The third-order valence-corrected chi connectivity index (χ3v) is 7.03. The Bertz CT molecular complexity index is 1120. The van der Waals surface area contributed by atoms with Gasteiger partial charge in [0.15, 0.2) is 0 Å². The minimum Gasteiger partial charge on any atom is -0.357 e. The Balaban J connectivity index is 1.84. The Kier molecular flexibility index (Phi) is 9.87. The third kappa shape index (κ3) is 7.52. The second-order valence-electron chi connectivity index (χ2n) is 8.06. The number of hydrogen-bond acceptors (Lipinski definition) is 3. The van der Waals surface area contributed by atoms with Crippen LogP contribution in [0.5, 0.6) is 0 Å². The van der Waals surface area contributed by atoms with Gasteiger partial charge in [-0.3, -0.25) is 9.59 Å². The van der Waals surface area contributed by atoms with E-state index in [-0.39, 0.29) is 24.1 Å². The maximum atomic E-state index is 13.5. The fraction of sp³-hybridized carbons (Fsp3) is 0.259. The maximum absolute atomic E-state index is 13.5. The molecule has 3 aromatic carbocycles. The van der Waals surface area contributed by atoms with Crippen LogP contribution in [0.15, 0.2) is 72.8 Å². The van der Waals surface area contributed by atoms with Gasteiger partial charge in [0.2, 0.25) is 11.8 Å². The van der Waals surface area contributed by atoms with Gasteiger partial charge >= 0.3 is 0 Å². The number of halogens is 2. The van der Waals surface area contributed by atoms with Crippen LogP contribution in [0.1, 0.15) is 22.3 Å². The Morgan fingerprint density at radius 2 is 1.71 bits per heavy atom. The molecule has 0 heterocycles. The van der Waals surface area contributed by atoms with Crippen molar-refractivity contribution in [3.05, 3.63) is 105 Å². The molecule has 4 nitrogen and oxygen atoms in total. The van der Waals surface area contributed by atoms with E-state index in [9.17, 15) is 9.59 Å². The minimum atomic E-state index is -0.675. The summed E-state index contributed by atoms with van der Waals surface area (Å²) in [5.41, 5.74) is 4.07. The lowest BCUT2D eigenvalue weighted by molar-refractivity contribution is -0.139. The van der Waals surface area contributed by atoms with Crippen LogP contribution in [0, 0.1) is 6.92 Å². The van der Waals surface area contributed by atoms with Crippen molar-refractivity contribution in [3.63, 3.8) is 0 Å². The molecule has 0 saturated heterocycles. The number of amides is 2. The van der Waals surface area contributed by atoms with Crippen LogP contribution in [0.4, 0.5) is 0 Å². The number of rotatable bonds is 10. The van der Waals surface area contributed by atoms with Gasteiger partial charge < -0.3 is 10.2 Å². The summed E-state index contributed by atoms with van der Waals surface area (Å²) in [7, 11) is 1.59. The summed E-state index contributed by atoms with van der Waals surface area (Å²) in [4.78, 5) is 28.1. The molecule has 178 valence electrons. The Hall–Kier alpha value is -2.47. The molecule has 0 spiro atoms. The minimum absolute atomic E-state index is 0.117. The Morgan fingerprint density at radius 1 is 0.971 bits per heavy atom. The number of likely N-dealkylation sites (N-methyl/N-ethyl adjacent to an activating group) is 1. The first-order valence-electron chi connectivity index (χ1n) is 11.0. The monoisotopic (exact) mass is 514 g/mol. The van der Waals surface area contributed by atoms with Crippen molar-refractivity contribution >= 4 is 46.8 Å². The van der Waals surface area contributed by atoms with Gasteiger partial charge in [-0.1, -0.05) is 89.4 Å². The molecule has 0 radical (unpaired) electrons. The molecule has 2 amide bonds. The van der Waals surface area contributed by atoms with Crippen molar-refractivity contribution in [2.75, 3.05) is 12.8 Å². The zero-order valence-corrected chi connectivity index (χ0v) is 21.6. The highest BCUT2D eigenvalue weighted by molar-refractivity contribution is 7.99. The molecule has 1 atom stereocenters. The second kappa shape index (κ2) is 12.8. The van der Waals surface area contributed by atoms with Gasteiger partial charge in [0.25, 0.3) is 0 Å². The number of carbonyl (C=O) groups excluding carboxylic acids is 2. The SMILES string of the molecule is CNC(=O)C(Cc1ccccc1)N(Cc1ccc(Cl)cc1Cl)C(=O)CSCc1cccc(C)c1. The van der Waals surface area contributed by atoms with Crippen molar-refractivity contribution < 1.29 is 9.59 Å². The van der Waals surface area contributed by atoms with Crippen molar-refractivity contribution in [1.82, 2.24) is 10.2 Å². The normalized spacial score (nSPS) is 11.6. The first-order chi connectivity index (χ1) is 16.4. The van der Waals surface area contributed by atoms with Crippen LogP contribution in [0.2, 0.25) is 10.0 Å². The average molecular weight is 516 g/mol. The third-order valence-electron chi connectivity index (χ3n) is 5.45. The predicted octanol–water partition coefficient (Wildman–Crippen LogP) is 5.92. The molecule has 0 bridgehead atoms. The van der Waals surface area contributed by atoms with E-state index < -0.39 is 6.04 Å². The molecule has 0 aromatic heterocycles. The van der Waals surface area contributed by atoms with Gasteiger partial charge in [-0.25, -0.2) is 0 Å². The first-order valence-corrected chi connectivity index (χ1v) is 12.9. The number of hydrogen-bond donors (Lipinski definition) is 1. The number of nitrogens with one attached hydrogen (secondary N) is 1. The summed E-state index contributed by atoms with van der Waals surface area (Å²) in [5.74, 6) is 0.632. The highest BCUT2D eigenvalue weighted by Gasteiger charge is 2.30. The fourth-order valence-electron chi connectivity index (χ4n) is 3.70. The van der Waals surface area contributed by atoms with E-state index in [1.165, 1.54) is 17.3 Å². The number of benzene rings is 3. The lowest BCUT2D eigenvalue weighted by atomic mass is 10.0. The molecule has 1 unspecified atom stereocenters. The van der Waals surface area contributed by atoms with Gasteiger partial charge in [-0.2, -0.15) is 0 Å². The highest BCUT2D eigenvalue weighted by atomic mass is 35.5. The van der Waals surface area contributed by atoms with Crippen molar-refractivity contribution in [1.29, 1.82) is 0 Å². The zero-order valence-electron chi connectivity index (χ0n) is 19.3. The summed E-state index contributed by atoms with van der Waals surface area (Å²) in [5, 5.41) is 3.71. The number of carbonyl (C=O) groups is 2. The fourth-order valence-corrected chi connectivity index (χ4v) is 5.02. The average Bonchev–Trinajstić information content (AvgIpc) is 2.82. The molecule has 3 aromatic rings. The molecule has 0 aliphatic heterocycles. The highest BCUT2D eigenvalue weighted by Crippen LogP contribution is 2.25. The summed E-state index contributed by atoms with van der Waals surface area (Å²) < 4.78 is 0. The van der Waals surface area contributed by atoms with E-state index >= 15 is 0 Å². The summed E-state index contributed by atoms with van der Waals surface area (Å²) in [6.45, 7) is 2.26. The number of nitrogens with zero attached hydrogens (tertiary/aromatic N) is 1. The lowest BCUT2D eigenvalue weighted by Crippen LogP contribution is -2.50. The van der Waals surface area contributed by atoms with E-state index in [1.807, 2.05) is 36.4 Å². The molecule has 3 rings (SSSR count). The number of aryl methyl sites for hydroxylation is 1. The summed E-state index contributed by atoms with van der Waals surface area (Å²) >= 11 is 14.0. The van der Waals surface area contributed by atoms with Crippen LogP contribution in [0.3, 0.4) is 0 Å². The van der Waals surface area contributed by atoms with Crippen LogP contribution >= 0.6 is 35.0 Å². The predicted molar refractivity (Wildman–Crippen MR) is 142 cm³/mol. The van der Waals surface area contributed by atoms with Crippen molar-refractivity contribution in [2.45, 2.75) is 31.7 Å². The van der Waals surface area contributed by atoms with Crippen LogP contribution in [0.25, 0.3) is 0 Å². The van der Waals surface area contributed by atoms with Crippen molar-refractivity contribution in [3.8, 4) is 0 Å². The van der Waals surface area contributed by atoms with Gasteiger partial charge in [0, 0.05) is 35.8 Å². The van der Waals surface area contributed by atoms with Crippen LogP contribution in [-0.2, 0) is 28.3 Å². The largest absolute Gasteiger partial charge is 0.357 e.